The molecule has 1 N–H and O–H groups in total. The molecule has 0 aromatic carbocycles. The summed E-state index contributed by atoms with van der Waals surface area (Å²) >= 11 is 5.65. The van der Waals surface area contributed by atoms with E-state index in [9.17, 15) is 4.79 Å². The van der Waals surface area contributed by atoms with Gasteiger partial charge in [-0.1, -0.05) is 13.3 Å². The molecule has 1 saturated carbocycles. The summed E-state index contributed by atoms with van der Waals surface area (Å²) in [5.74, 6) is -0.660. The smallest absolute Gasteiger partial charge is 0.325 e. The van der Waals surface area contributed by atoms with Gasteiger partial charge in [0.2, 0.25) is 0 Å². The molecule has 1 aliphatic rings. The minimum absolute atomic E-state index is 0.205. The lowest BCUT2D eigenvalue weighted by Gasteiger charge is -1.97. The minimum atomic E-state index is -0.894. The summed E-state index contributed by atoms with van der Waals surface area (Å²) in [5.41, 5.74) is 0. The van der Waals surface area contributed by atoms with Gasteiger partial charge >= 0.3 is 5.97 Å². The molecule has 0 amide bonds. The van der Waals surface area contributed by atoms with E-state index < -0.39 is 10.8 Å². The van der Waals surface area contributed by atoms with Gasteiger partial charge in [-0.3, -0.25) is 4.79 Å². The number of carboxylic acids is 1. The van der Waals surface area contributed by atoms with Crippen LogP contribution in [-0.4, -0.2) is 16.0 Å². The van der Waals surface area contributed by atoms with Crippen LogP contribution >= 0.6 is 11.6 Å². The Labute approximate surface area is 58.8 Å². The number of aliphatic carboxylic acids is 1. The fourth-order valence-electron chi connectivity index (χ4n) is 1.03. The van der Waals surface area contributed by atoms with Crippen molar-refractivity contribution in [3.8, 4) is 0 Å². The molecule has 2 atom stereocenters. The van der Waals surface area contributed by atoms with Gasteiger partial charge in [-0.15, -0.1) is 11.6 Å². The highest BCUT2D eigenvalue weighted by molar-refractivity contribution is 6.36. The van der Waals surface area contributed by atoms with E-state index in [1.807, 2.05) is 6.92 Å². The summed E-state index contributed by atoms with van der Waals surface area (Å²) < 4.78 is 0. The predicted octanol–water partition coefficient (Wildman–Crippen LogP) is 1.48. The average molecular weight is 149 g/mol. The largest absolute Gasteiger partial charge is 0.480 e. The van der Waals surface area contributed by atoms with Gasteiger partial charge in [-0.2, -0.15) is 0 Å². The van der Waals surface area contributed by atoms with Gasteiger partial charge in [-0.05, 0) is 12.3 Å². The Hall–Kier alpha value is -0.240. The van der Waals surface area contributed by atoms with Crippen LogP contribution in [0.2, 0.25) is 0 Å². The summed E-state index contributed by atoms with van der Waals surface area (Å²) in [6, 6.07) is 0. The monoisotopic (exact) mass is 148 g/mol. The molecule has 2 nitrogen and oxygen atoms in total. The Morgan fingerprint density at radius 1 is 2.00 bits per heavy atom. The van der Waals surface area contributed by atoms with E-state index in [0.29, 0.717) is 6.42 Å². The molecule has 0 spiro atoms. The van der Waals surface area contributed by atoms with Crippen molar-refractivity contribution in [2.75, 3.05) is 0 Å². The van der Waals surface area contributed by atoms with Crippen LogP contribution in [-0.2, 0) is 4.79 Å². The molecule has 1 fully saturated rings. The lowest BCUT2D eigenvalue weighted by atomic mass is 10.2. The van der Waals surface area contributed by atoms with Gasteiger partial charge in [0.1, 0.15) is 4.87 Å². The van der Waals surface area contributed by atoms with E-state index >= 15 is 0 Å². The standard InChI is InChI=1S/C6H9ClO2/c1-2-4-3-6(4,7)5(8)9/h4H,2-3H2,1H3,(H,8,9)/t4-,6-/m0/s1. The van der Waals surface area contributed by atoms with E-state index in [1.54, 1.807) is 0 Å². The normalized spacial score (nSPS) is 40.4. The first kappa shape index (κ1) is 6.87. The van der Waals surface area contributed by atoms with E-state index in [0.717, 1.165) is 6.42 Å². The number of alkyl halides is 1. The van der Waals surface area contributed by atoms with Crippen LogP contribution in [0.1, 0.15) is 19.8 Å². The molecule has 1 rings (SSSR count). The molecule has 52 valence electrons. The zero-order valence-electron chi connectivity index (χ0n) is 5.22. The first-order valence-corrected chi connectivity index (χ1v) is 3.41. The molecule has 0 aromatic heterocycles. The highest BCUT2D eigenvalue weighted by Gasteiger charge is 2.58. The fourth-order valence-corrected chi connectivity index (χ4v) is 1.37. The second-order valence-corrected chi connectivity index (χ2v) is 3.15. The second-order valence-electron chi connectivity index (χ2n) is 2.48. The maximum atomic E-state index is 10.3. The van der Waals surface area contributed by atoms with Crippen molar-refractivity contribution in [1.29, 1.82) is 0 Å². The van der Waals surface area contributed by atoms with Crippen molar-refractivity contribution in [1.82, 2.24) is 0 Å². The van der Waals surface area contributed by atoms with E-state index in [4.69, 9.17) is 16.7 Å². The SMILES string of the molecule is CC[C@H]1C[C@@]1(Cl)C(=O)O. The van der Waals surface area contributed by atoms with Crippen molar-refractivity contribution in [3.63, 3.8) is 0 Å². The molecular weight excluding hydrogens is 140 g/mol. The zero-order valence-corrected chi connectivity index (χ0v) is 5.98. The van der Waals surface area contributed by atoms with E-state index in [2.05, 4.69) is 0 Å². The maximum absolute atomic E-state index is 10.3. The number of hydrogen-bond donors (Lipinski definition) is 1. The summed E-state index contributed by atoms with van der Waals surface area (Å²) in [6.07, 6.45) is 1.51. The van der Waals surface area contributed by atoms with Crippen molar-refractivity contribution < 1.29 is 9.90 Å². The molecule has 0 saturated heterocycles. The second kappa shape index (κ2) is 1.87. The van der Waals surface area contributed by atoms with Crippen LogP contribution < -0.4 is 0 Å². The molecule has 0 heterocycles. The molecule has 9 heavy (non-hydrogen) atoms. The number of carbonyl (C=O) groups is 1. The first-order valence-electron chi connectivity index (χ1n) is 3.03. The van der Waals surface area contributed by atoms with Crippen LogP contribution in [0.15, 0.2) is 0 Å². The number of hydrogen-bond acceptors (Lipinski definition) is 1. The van der Waals surface area contributed by atoms with Crippen LogP contribution in [0.3, 0.4) is 0 Å². The Bertz CT molecular complexity index is 146. The Morgan fingerprint density at radius 3 is 2.67 bits per heavy atom. The molecule has 0 bridgehead atoms. The third kappa shape index (κ3) is 0.917. The number of rotatable bonds is 2. The highest BCUT2D eigenvalue weighted by Crippen LogP contribution is 2.51. The Balaban J connectivity index is 2.52. The average Bonchev–Trinajstić information content (AvgIpc) is 2.44. The quantitative estimate of drug-likeness (QED) is 0.603. The summed E-state index contributed by atoms with van der Waals surface area (Å²) in [6.45, 7) is 1.96. The molecule has 0 aliphatic heterocycles. The number of halogens is 1. The summed E-state index contributed by atoms with van der Waals surface area (Å²) in [4.78, 5) is 9.43. The van der Waals surface area contributed by atoms with Crippen molar-refractivity contribution in [3.05, 3.63) is 0 Å². The van der Waals surface area contributed by atoms with Crippen LogP contribution in [0.5, 0.6) is 0 Å². The summed E-state index contributed by atoms with van der Waals surface area (Å²) in [7, 11) is 0. The lowest BCUT2D eigenvalue weighted by Crippen LogP contribution is -2.16. The van der Waals surface area contributed by atoms with Gasteiger partial charge in [0.25, 0.3) is 0 Å². The van der Waals surface area contributed by atoms with Gasteiger partial charge in [0.05, 0.1) is 0 Å². The zero-order chi connectivity index (χ0) is 7.07. The van der Waals surface area contributed by atoms with Crippen molar-refractivity contribution in [2.24, 2.45) is 5.92 Å². The molecule has 0 aromatic rings. The fraction of sp³-hybridized carbons (Fsp3) is 0.833. The third-order valence-corrected chi connectivity index (χ3v) is 2.50. The minimum Gasteiger partial charge on any atom is -0.480 e. The van der Waals surface area contributed by atoms with E-state index in [-0.39, 0.29) is 5.92 Å². The van der Waals surface area contributed by atoms with Crippen LogP contribution in [0, 0.1) is 5.92 Å². The maximum Gasteiger partial charge on any atom is 0.325 e. The van der Waals surface area contributed by atoms with Crippen LogP contribution in [0.4, 0.5) is 0 Å². The van der Waals surface area contributed by atoms with Crippen LogP contribution in [0.25, 0.3) is 0 Å². The van der Waals surface area contributed by atoms with Crippen molar-refractivity contribution >= 4 is 17.6 Å². The Kier molecular flexibility index (Phi) is 1.43. The Morgan fingerprint density at radius 2 is 2.56 bits per heavy atom. The molecule has 0 radical (unpaired) electrons. The highest BCUT2D eigenvalue weighted by atomic mass is 35.5. The molecule has 3 heteroatoms. The van der Waals surface area contributed by atoms with Gasteiger partial charge < -0.3 is 5.11 Å². The van der Waals surface area contributed by atoms with Gasteiger partial charge in [0, 0.05) is 0 Å². The third-order valence-electron chi connectivity index (χ3n) is 1.88. The van der Waals surface area contributed by atoms with E-state index in [1.165, 1.54) is 0 Å². The lowest BCUT2D eigenvalue weighted by molar-refractivity contribution is -0.137. The first-order chi connectivity index (χ1) is 4.11. The topological polar surface area (TPSA) is 37.3 Å². The van der Waals surface area contributed by atoms with Gasteiger partial charge in [0.15, 0.2) is 0 Å². The predicted molar refractivity (Wildman–Crippen MR) is 34.6 cm³/mol. The number of carboxylic acid groups (broad SMARTS) is 1. The molecule has 0 unspecified atom stereocenters. The summed E-state index contributed by atoms with van der Waals surface area (Å²) in [5, 5.41) is 8.48. The molecular formula is C6H9ClO2. The van der Waals surface area contributed by atoms with Crippen molar-refractivity contribution in [2.45, 2.75) is 24.6 Å². The molecule has 1 aliphatic carbocycles. The van der Waals surface area contributed by atoms with Gasteiger partial charge in [-0.25, -0.2) is 0 Å².